The van der Waals surface area contributed by atoms with Crippen molar-refractivity contribution in [2.45, 2.75) is 58.2 Å². The molecule has 0 fully saturated rings. The SMILES string of the molecule is CC[C@H](C)NC(=O)[C@H](Cc1ccccc1)N(Cc1ccc(Cl)c(Cl)c1)C(=O)CCCN(c1cc(Cl)ccc1Cl)S(C)(=O)=O. The molecular weight excluding hydrogens is 652 g/mol. The molecule has 0 aliphatic carbocycles. The van der Waals surface area contributed by atoms with Gasteiger partial charge in [-0.25, -0.2) is 8.42 Å². The third kappa shape index (κ3) is 10.3. The van der Waals surface area contributed by atoms with E-state index in [1.54, 1.807) is 24.3 Å². The lowest BCUT2D eigenvalue weighted by Crippen LogP contribution is -2.52. The summed E-state index contributed by atoms with van der Waals surface area (Å²) in [5.74, 6) is -0.605. The van der Waals surface area contributed by atoms with Crippen LogP contribution in [0.25, 0.3) is 0 Å². The summed E-state index contributed by atoms with van der Waals surface area (Å²) in [5.41, 5.74) is 1.81. The van der Waals surface area contributed by atoms with Crippen molar-refractivity contribution >= 4 is 73.9 Å². The summed E-state index contributed by atoms with van der Waals surface area (Å²) in [7, 11) is -3.75. The molecule has 0 heterocycles. The molecule has 3 rings (SSSR count). The summed E-state index contributed by atoms with van der Waals surface area (Å²) in [4.78, 5) is 29.2. The van der Waals surface area contributed by atoms with Crippen LogP contribution >= 0.6 is 46.4 Å². The van der Waals surface area contributed by atoms with Gasteiger partial charge in [-0.1, -0.05) is 89.7 Å². The second kappa shape index (κ2) is 16.0. The zero-order valence-electron chi connectivity index (χ0n) is 24.2. The number of sulfonamides is 1. The fourth-order valence-corrected chi connectivity index (χ4v) is 6.21. The van der Waals surface area contributed by atoms with Crippen LogP contribution in [-0.2, 0) is 32.6 Å². The minimum atomic E-state index is -3.75. The molecule has 0 spiro atoms. The van der Waals surface area contributed by atoms with E-state index in [0.29, 0.717) is 20.6 Å². The van der Waals surface area contributed by atoms with Gasteiger partial charge < -0.3 is 10.2 Å². The van der Waals surface area contributed by atoms with E-state index in [4.69, 9.17) is 46.4 Å². The van der Waals surface area contributed by atoms with E-state index in [9.17, 15) is 18.0 Å². The fourth-order valence-electron chi connectivity index (χ4n) is 4.49. The molecule has 232 valence electrons. The largest absolute Gasteiger partial charge is 0.352 e. The van der Waals surface area contributed by atoms with Crippen LogP contribution in [0.4, 0.5) is 5.69 Å². The first-order valence-corrected chi connectivity index (χ1v) is 17.2. The van der Waals surface area contributed by atoms with Crippen LogP contribution in [0, 0.1) is 0 Å². The Bertz CT molecular complexity index is 1520. The lowest BCUT2D eigenvalue weighted by Gasteiger charge is -2.33. The zero-order chi connectivity index (χ0) is 31.7. The normalized spacial score (nSPS) is 12.8. The van der Waals surface area contributed by atoms with Crippen molar-refractivity contribution in [3.05, 3.63) is 97.9 Å². The van der Waals surface area contributed by atoms with Gasteiger partial charge in [0.15, 0.2) is 0 Å². The van der Waals surface area contributed by atoms with E-state index in [-0.39, 0.29) is 60.9 Å². The number of hydrogen-bond donors (Lipinski definition) is 1. The highest BCUT2D eigenvalue weighted by Crippen LogP contribution is 2.31. The Morgan fingerprint density at radius 2 is 1.56 bits per heavy atom. The Kier molecular flexibility index (Phi) is 13.0. The van der Waals surface area contributed by atoms with Crippen LogP contribution < -0.4 is 9.62 Å². The molecule has 0 saturated carbocycles. The number of nitrogens with zero attached hydrogens (tertiary/aromatic N) is 2. The van der Waals surface area contributed by atoms with Gasteiger partial charge in [-0.2, -0.15) is 0 Å². The predicted octanol–water partition coefficient (Wildman–Crippen LogP) is 7.40. The van der Waals surface area contributed by atoms with Crippen molar-refractivity contribution in [2.24, 2.45) is 0 Å². The minimum Gasteiger partial charge on any atom is -0.352 e. The predicted molar refractivity (Wildman–Crippen MR) is 177 cm³/mol. The molecule has 3 aromatic carbocycles. The van der Waals surface area contributed by atoms with Crippen LogP contribution in [0.1, 0.15) is 44.2 Å². The van der Waals surface area contributed by atoms with E-state index >= 15 is 0 Å². The lowest BCUT2D eigenvalue weighted by atomic mass is 10.0. The number of halogens is 4. The van der Waals surface area contributed by atoms with Gasteiger partial charge in [0.2, 0.25) is 21.8 Å². The summed E-state index contributed by atoms with van der Waals surface area (Å²) in [6.45, 7) is 3.95. The Hall–Kier alpha value is -2.49. The number of anilines is 1. The van der Waals surface area contributed by atoms with Crippen LogP contribution in [0.15, 0.2) is 66.7 Å². The van der Waals surface area contributed by atoms with E-state index in [0.717, 1.165) is 22.5 Å². The number of hydrogen-bond acceptors (Lipinski definition) is 4. The molecule has 0 unspecified atom stereocenters. The molecular formula is C31H35Cl4N3O4S. The number of carbonyl (C=O) groups excluding carboxylic acids is 2. The van der Waals surface area contributed by atoms with Crippen molar-refractivity contribution in [3.63, 3.8) is 0 Å². The van der Waals surface area contributed by atoms with E-state index < -0.39 is 16.1 Å². The summed E-state index contributed by atoms with van der Waals surface area (Å²) in [6.07, 6.45) is 2.20. The van der Waals surface area contributed by atoms with Gasteiger partial charge in [-0.05, 0) is 61.2 Å². The molecule has 43 heavy (non-hydrogen) atoms. The average Bonchev–Trinajstić information content (AvgIpc) is 2.96. The topological polar surface area (TPSA) is 86.8 Å². The maximum atomic E-state index is 14.0. The van der Waals surface area contributed by atoms with Gasteiger partial charge in [0.1, 0.15) is 6.04 Å². The van der Waals surface area contributed by atoms with Gasteiger partial charge in [-0.15, -0.1) is 0 Å². The Balaban J connectivity index is 1.93. The van der Waals surface area contributed by atoms with E-state index in [1.165, 1.54) is 17.0 Å². The van der Waals surface area contributed by atoms with Crippen molar-refractivity contribution in [2.75, 3.05) is 17.1 Å². The molecule has 12 heteroatoms. The van der Waals surface area contributed by atoms with Crippen LogP contribution in [0.5, 0.6) is 0 Å². The van der Waals surface area contributed by atoms with E-state index in [2.05, 4.69) is 5.32 Å². The fraction of sp³-hybridized carbons (Fsp3) is 0.355. The first-order chi connectivity index (χ1) is 20.3. The highest BCUT2D eigenvalue weighted by Gasteiger charge is 2.31. The van der Waals surface area contributed by atoms with Gasteiger partial charge in [-0.3, -0.25) is 13.9 Å². The minimum absolute atomic E-state index is 0.0202. The second-order valence-corrected chi connectivity index (χ2v) is 13.9. The standard InChI is InChI=1S/C31H35Cl4N3O4S/c1-4-21(2)36-31(40)29(18-22-9-6-5-7-10-22)37(20-23-12-14-25(33)27(35)17-23)30(39)11-8-16-38(43(3,41)42)28-19-24(32)13-15-26(28)34/h5-7,9-10,12-15,17,19,21,29H,4,8,11,16,18,20H2,1-3H3,(H,36,40)/t21-,29-/m0/s1. The smallest absolute Gasteiger partial charge is 0.243 e. The summed E-state index contributed by atoms with van der Waals surface area (Å²) in [5, 5.41) is 4.27. The van der Waals surface area contributed by atoms with E-state index in [1.807, 2.05) is 44.2 Å². The molecule has 0 aliphatic rings. The van der Waals surface area contributed by atoms with Gasteiger partial charge in [0, 0.05) is 37.0 Å². The molecule has 0 bridgehead atoms. The molecule has 7 nitrogen and oxygen atoms in total. The van der Waals surface area contributed by atoms with Crippen LogP contribution in [-0.4, -0.2) is 50.0 Å². The third-order valence-corrected chi connectivity index (χ3v) is 9.41. The van der Waals surface area contributed by atoms with Crippen LogP contribution in [0.2, 0.25) is 20.1 Å². The molecule has 2 atom stereocenters. The quantitative estimate of drug-likeness (QED) is 0.192. The Labute approximate surface area is 274 Å². The van der Waals surface area contributed by atoms with Crippen molar-refractivity contribution in [1.82, 2.24) is 10.2 Å². The van der Waals surface area contributed by atoms with Crippen molar-refractivity contribution in [3.8, 4) is 0 Å². The highest BCUT2D eigenvalue weighted by atomic mass is 35.5. The van der Waals surface area contributed by atoms with Crippen molar-refractivity contribution < 1.29 is 18.0 Å². The number of amides is 2. The number of nitrogens with one attached hydrogen (secondary N) is 1. The summed E-state index contributed by atoms with van der Waals surface area (Å²) in [6, 6.07) is 18.1. The molecule has 3 aromatic rings. The Morgan fingerprint density at radius 3 is 2.19 bits per heavy atom. The van der Waals surface area contributed by atoms with Crippen molar-refractivity contribution in [1.29, 1.82) is 0 Å². The second-order valence-electron chi connectivity index (χ2n) is 10.3. The molecule has 0 radical (unpaired) electrons. The number of rotatable bonds is 14. The first kappa shape index (κ1) is 35.0. The first-order valence-electron chi connectivity index (χ1n) is 13.8. The summed E-state index contributed by atoms with van der Waals surface area (Å²) >= 11 is 24.8. The molecule has 0 saturated heterocycles. The molecule has 1 N–H and O–H groups in total. The third-order valence-electron chi connectivity index (χ3n) is 6.94. The number of benzene rings is 3. The van der Waals surface area contributed by atoms with Gasteiger partial charge >= 0.3 is 0 Å². The maximum Gasteiger partial charge on any atom is 0.243 e. The molecule has 2 amide bonds. The Morgan fingerprint density at radius 1 is 0.884 bits per heavy atom. The molecule has 0 aromatic heterocycles. The molecule has 0 aliphatic heterocycles. The number of carbonyl (C=O) groups is 2. The van der Waals surface area contributed by atoms with Gasteiger partial charge in [0.25, 0.3) is 0 Å². The average molecular weight is 688 g/mol. The van der Waals surface area contributed by atoms with Gasteiger partial charge in [0.05, 0.1) is 27.0 Å². The zero-order valence-corrected chi connectivity index (χ0v) is 28.0. The lowest BCUT2D eigenvalue weighted by molar-refractivity contribution is -0.141. The maximum absolute atomic E-state index is 14.0. The monoisotopic (exact) mass is 685 g/mol. The summed E-state index contributed by atoms with van der Waals surface area (Å²) < 4.78 is 26.5. The highest BCUT2D eigenvalue weighted by molar-refractivity contribution is 7.92. The van der Waals surface area contributed by atoms with Crippen LogP contribution in [0.3, 0.4) is 0 Å².